The molecule has 15 heavy (non-hydrogen) atoms. The van der Waals surface area contributed by atoms with E-state index in [9.17, 15) is 0 Å². The van der Waals surface area contributed by atoms with Gasteiger partial charge in [-0.1, -0.05) is 5.16 Å². The number of hydrogen-bond donors (Lipinski definition) is 1. The van der Waals surface area contributed by atoms with Crippen molar-refractivity contribution in [2.75, 3.05) is 26.2 Å². The molecule has 1 fully saturated rings. The molecule has 0 atom stereocenters. The number of aliphatic hydroxyl groups is 1. The van der Waals surface area contributed by atoms with Crippen molar-refractivity contribution >= 4 is 0 Å². The lowest BCUT2D eigenvalue weighted by atomic mass is 10.4. The van der Waals surface area contributed by atoms with Crippen LogP contribution in [0.3, 0.4) is 0 Å². The molecular weight excluding hydrogens is 194 g/mol. The van der Waals surface area contributed by atoms with Crippen LogP contribution in [0.25, 0.3) is 0 Å². The van der Waals surface area contributed by atoms with Crippen molar-refractivity contribution < 1.29 is 9.63 Å². The van der Waals surface area contributed by atoms with Gasteiger partial charge in [-0.15, -0.1) is 0 Å². The Morgan fingerprint density at radius 3 is 2.80 bits per heavy atom. The van der Waals surface area contributed by atoms with Crippen molar-refractivity contribution in [3.63, 3.8) is 0 Å². The van der Waals surface area contributed by atoms with Crippen molar-refractivity contribution in [3.8, 4) is 0 Å². The van der Waals surface area contributed by atoms with Crippen LogP contribution in [0.15, 0.2) is 4.52 Å². The average Bonchev–Trinajstić information content (AvgIpc) is 2.85. The van der Waals surface area contributed by atoms with Gasteiger partial charge >= 0.3 is 0 Å². The summed E-state index contributed by atoms with van der Waals surface area (Å²) in [5.74, 6) is 1.29. The molecule has 0 amide bonds. The highest BCUT2D eigenvalue weighted by Gasteiger charge is 2.13. The molecule has 2 rings (SSSR count). The van der Waals surface area contributed by atoms with E-state index in [-0.39, 0.29) is 6.61 Å². The zero-order chi connectivity index (χ0) is 10.5. The predicted octanol–water partition coefficient (Wildman–Crippen LogP) is 0.243. The molecule has 0 aromatic carbocycles. The number of hydrogen-bond acceptors (Lipinski definition) is 5. The number of nitrogens with zero attached hydrogens (tertiary/aromatic N) is 3. The molecule has 2 heterocycles. The van der Waals surface area contributed by atoms with Crippen LogP contribution in [0.4, 0.5) is 0 Å². The summed E-state index contributed by atoms with van der Waals surface area (Å²) in [6, 6.07) is 0. The standard InChI is InChI=1S/C10H17N3O2/c14-8-4-9-11-10(15-12-9)3-7-13-5-1-2-6-13/h14H,1-8H2. The van der Waals surface area contributed by atoms with Gasteiger partial charge in [0.05, 0.1) is 6.61 Å². The fourth-order valence-corrected chi connectivity index (χ4v) is 1.85. The first-order chi connectivity index (χ1) is 7.38. The Labute approximate surface area is 89.1 Å². The molecule has 1 N–H and O–H groups in total. The van der Waals surface area contributed by atoms with E-state index < -0.39 is 0 Å². The maximum absolute atomic E-state index is 8.70. The first-order valence-corrected chi connectivity index (χ1v) is 5.53. The van der Waals surface area contributed by atoms with E-state index in [1.807, 2.05) is 0 Å². The Morgan fingerprint density at radius 2 is 2.07 bits per heavy atom. The Balaban J connectivity index is 1.77. The van der Waals surface area contributed by atoms with Crippen molar-refractivity contribution in [2.24, 2.45) is 0 Å². The fourth-order valence-electron chi connectivity index (χ4n) is 1.85. The normalized spacial score (nSPS) is 17.4. The summed E-state index contributed by atoms with van der Waals surface area (Å²) in [5, 5.41) is 12.5. The van der Waals surface area contributed by atoms with Gasteiger partial charge in [-0.05, 0) is 25.9 Å². The minimum absolute atomic E-state index is 0.0745. The van der Waals surface area contributed by atoms with Gasteiger partial charge in [0.2, 0.25) is 5.89 Å². The van der Waals surface area contributed by atoms with Gasteiger partial charge in [0, 0.05) is 19.4 Å². The molecule has 0 unspecified atom stereocenters. The first-order valence-electron chi connectivity index (χ1n) is 5.53. The molecule has 1 aromatic heterocycles. The van der Waals surface area contributed by atoms with Gasteiger partial charge in [0.25, 0.3) is 0 Å². The topological polar surface area (TPSA) is 62.4 Å². The number of likely N-dealkylation sites (tertiary alicyclic amines) is 1. The van der Waals surface area contributed by atoms with Crippen molar-refractivity contribution in [3.05, 3.63) is 11.7 Å². The highest BCUT2D eigenvalue weighted by molar-refractivity contribution is 4.87. The van der Waals surface area contributed by atoms with Gasteiger partial charge in [-0.2, -0.15) is 4.98 Å². The number of aliphatic hydroxyl groups excluding tert-OH is 1. The summed E-state index contributed by atoms with van der Waals surface area (Å²) in [5.41, 5.74) is 0. The van der Waals surface area contributed by atoms with E-state index in [0.717, 1.165) is 13.0 Å². The van der Waals surface area contributed by atoms with Crippen molar-refractivity contribution in [2.45, 2.75) is 25.7 Å². The van der Waals surface area contributed by atoms with E-state index in [1.165, 1.54) is 25.9 Å². The van der Waals surface area contributed by atoms with Gasteiger partial charge < -0.3 is 14.5 Å². The van der Waals surface area contributed by atoms with E-state index in [2.05, 4.69) is 15.0 Å². The zero-order valence-electron chi connectivity index (χ0n) is 8.85. The molecule has 5 nitrogen and oxygen atoms in total. The van der Waals surface area contributed by atoms with Crippen LogP contribution in [-0.2, 0) is 12.8 Å². The number of rotatable bonds is 5. The number of aromatic nitrogens is 2. The van der Waals surface area contributed by atoms with Crippen LogP contribution in [0, 0.1) is 0 Å². The first kappa shape index (κ1) is 10.6. The SMILES string of the molecule is OCCc1noc(CCN2CCCC2)n1. The lowest BCUT2D eigenvalue weighted by Crippen LogP contribution is -2.22. The molecule has 1 saturated heterocycles. The molecule has 84 valence electrons. The third kappa shape index (κ3) is 3.00. The third-order valence-corrected chi connectivity index (χ3v) is 2.69. The summed E-state index contributed by atoms with van der Waals surface area (Å²) >= 11 is 0. The van der Waals surface area contributed by atoms with E-state index in [0.29, 0.717) is 18.1 Å². The molecule has 1 aliphatic rings. The molecule has 0 bridgehead atoms. The average molecular weight is 211 g/mol. The molecule has 5 heteroatoms. The van der Waals surface area contributed by atoms with Gasteiger partial charge in [0.15, 0.2) is 5.82 Å². The molecule has 0 spiro atoms. The fraction of sp³-hybridized carbons (Fsp3) is 0.800. The molecule has 0 saturated carbocycles. The monoisotopic (exact) mass is 211 g/mol. The Hall–Kier alpha value is -0.940. The third-order valence-electron chi connectivity index (χ3n) is 2.69. The lowest BCUT2D eigenvalue weighted by molar-refractivity contribution is 0.291. The second-order valence-electron chi connectivity index (χ2n) is 3.88. The Bertz CT molecular complexity index is 295. The summed E-state index contributed by atoms with van der Waals surface area (Å²) < 4.78 is 5.08. The smallest absolute Gasteiger partial charge is 0.227 e. The van der Waals surface area contributed by atoms with Crippen molar-refractivity contribution in [1.29, 1.82) is 0 Å². The second kappa shape index (κ2) is 5.23. The largest absolute Gasteiger partial charge is 0.396 e. The molecule has 1 aromatic rings. The van der Waals surface area contributed by atoms with E-state index in [1.54, 1.807) is 0 Å². The Kier molecular flexibility index (Phi) is 3.69. The Morgan fingerprint density at radius 1 is 1.27 bits per heavy atom. The van der Waals surface area contributed by atoms with Crippen LogP contribution in [0.5, 0.6) is 0 Å². The summed E-state index contributed by atoms with van der Waals surface area (Å²) in [7, 11) is 0. The van der Waals surface area contributed by atoms with Gasteiger partial charge in [-0.25, -0.2) is 0 Å². The summed E-state index contributed by atoms with van der Waals surface area (Å²) in [4.78, 5) is 6.61. The van der Waals surface area contributed by atoms with E-state index in [4.69, 9.17) is 9.63 Å². The highest BCUT2D eigenvalue weighted by atomic mass is 16.5. The van der Waals surface area contributed by atoms with Gasteiger partial charge in [-0.3, -0.25) is 0 Å². The zero-order valence-corrected chi connectivity index (χ0v) is 8.85. The molecule has 0 radical (unpaired) electrons. The van der Waals surface area contributed by atoms with E-state index >= 15 is 0 Å². The highest BCUT2D eigenvalue weighted by Crippen LogP contribution is 2.08. The minimum Gasteiger partial charge on any atom is -0.396 e. The quantitative estimate of drug-likeness (QED) is 0.756. The van der Waals surface area contributed by atoms with Crippen molar-refractivity contribution in [1.82, 2.24) is 15.0 Å². The summed E-state index contributed by atoms with van der Waals surface area (Å²) in [6.45, 7) is 3.46. The molecule has 1 aliphatic heterocycles. The van der Waals surface area contributed by atoms with Crippen LogP contribution >= 0.6 is 0 Å². The van der Waals surface area contributed by atoms with Crippen LogP contribution in [0.1, 0.15) is 24.6 Å². The molecular formula is C10H17N3O2. The van der Waals surface area contributed by atoms with Crippen LogP contribution in [0.2, 0.25) is 0 Å². The molecule has 0 aliphatic carbocycles. The van der Waals surface area contributed by atoms with Crippen LogP contribution in [-0.4, -0.2) is 46.4 Å². The lowest BCUT2D eigenvalue weighted by Gasteiger charge is -2.11. The maximum Gasteiger partial charge on any atom is 0.227 e. The predicted molar refractivity (Wildman–Crippen MR) is 54.5 cm³/mol. The maximum atomic E-state index is 8.70. The van der Waals surface area contributed by atoms with Crippen LogP contribution < -0.4 is 0 Å². The summed E-state index contributed by atoms with van der Waals surface area (Å²) in [6.07, 6.45) is 3.91. The minimum atomic E-state index is 0.0745. The van der Waals surface area contributed by atoms with Gasteiger partial charge in [0.1, 0.15) is 0 Å². The second-order valence-corrected chi connectivity index (χ2v) is 3.88.